The molecule has 0 aromatic heterocycles. The summed E-state index contributed by atoms with van der Waals surface area (Å²) in [6.07, 6.45) is 5.25. The van der Waals surface area contributed by atoms with Crippen molar-refractivity contribution in [1.82, 2.24) is 10.2 Å². The molecule has 3 rings (SSSR count). The van der Waals surface area contributed by atoms with Gasteiger partial charge in [0.1, 0.15) is 30.3 Å². The molecule has 170 valence electrons. The molecule has 2 amide bonds. The lowest BCUT2D eigenvalue weighted by molar-refractivity contribution is -0.151. The predicted molar refractivity (Wildman–Crippen MR) is 112 cm³/mol. The van der Waals surface area contributed by atoms with Gasteiger partial charge in [-0.25, -0.2) is 4.79 Å². The van der Waals surface area contributed by atoms with Crippen LogP contribution in [0.5, 0.6) is 0 Å². The molecule has 10 nitrogen and oxygen atoms in total. The van der Waals surface area contributed by atoms with Gasteiger partial charge in [-0.15, -0.1) is 11.8 Å². The zero-order valence-electron chi connectivity index (χ0n) is 17.6. The van der Waals surface area contributed by atoms with Crippen molar-refractivity contribution in [2.45, 2.75) is 57.4 Å². The van der Waals surface area contributed by atoms with Crippen LogP contribution in [0.15, 0.2) is 16.4 Å². The lowest BCUT2D eigenvalue weighted by Crippen LogP contribution is -2.71. The van der Waals surface area contributed by atoms with Gasteiger partial charge < -0.3 is 20.0 Å². The van der Waals surface area contributed by atoms with Crippen LogP contribution in [0.2, 0.25) is 0 Å². The first kappa shape index (κ1) is 23.1. The number of carbonyl (C=O) groups is 4. The highest BCUT2D eigenvalue weighted by Gasteiger charge is 2.54. The summed E-state index contributed by atoms with van der Waals surface area (Å²) in [5.41, 5.74) is 1.19. The molecule has 3 atom stereocenters. The Kier molecular flexibility index (Phi) is 7.58. The molecule has 0 aromatic carbocycles. The number of ether oxygens (including phenoxy) is 1. The van der Waals surface area contributed by atoms with Crippen LogP contribution < -0.4 is 5.32 Å². The summed E-state index contributed by atoms with van der Waals surface area (Å²) in [5, 5.41) is 15.9. The van der Waals surface area contributed by atoms with Crippen LogP contribution in [0.3, 0.4) is 0 Å². The Bertz CT molecular complexity index is 818. The van der Waals surface area contributed by atoms with Gasteiger partial charge in [-0.2, -0.15) is 0 Å². The number of hydrogen-bond donors (Lipinski definition) is 2. The first-order chi connectivity index (χ1) is 14.8. The Hall–Kier alpha value is -2.56. The quantitative estimate of drug-likeness (QED) is 0.319. The molecule has 0 bridgehead atoms. The normalized spacial score (nSPS) is 24.0. The topological polar surface area (TPSA) is 135 Å². The van der Waals surface area contributed by atoms with Gasteiger partial charge in [0.2, 0.25) is 5.91 Å². The minimum absolute atomic E-state index is 0.102. The number of amides is 2. The van der Waals surface area contributed by atoms with E-state index in [9.17, 15) is 24.3 Å². The van der Waals surface area contributed by atoms with Gasteiger partial charge >= 0.3 is 11.9 Å². The highest BCUT2D eigenvalue weighted by atomic mass is 32.2. The van der Waals surface area contributed by atoms with E-state index >= 15 is 0 Å². The minimum Gasteiger partial charge on any atom is -0.477 e. The molecule has 1 aliphatic carbocycles. The molecular weight excluding hydrogens is 426 g/mol. The van der Waals surface area contributed by atoms with Crippen molar-refractivity contribution in [3.63, 3.8) is 0 Å². The van der Waals surface area contributed by atoms with Crippen molar-refractivity contribution in [3.05, 3.63) is 11.3 Å². The van der Waals surface area contributed by atoms with Crippen LogP contribution in [0.1, 0.15) is 46.0 Å². The third-order valence-corrected chi connectivity index (χ3v) is 6.73. The molecule has 0 spiro atoms. The Morgan fingerprint density at radius 3 is 2.65 bits per heavy atom. The molecule has 2 aliphatic heterocycles. The van der Waals surface area contributed by atoms with Gasteiger partial charge in [0, 0.05) is 18.2 Å². The lowest BCUT2D eigenvalue weighted by atomic mass is 9.99. The zero-order valence-corrected chi connectivity index (χ0v) is 18.4. The van der Waals surface area contributed by atoms with Crippen LogP contribution in [-0.2, 0) is 28.8 Å². The number of carboxylic acid groups (broad SMARTS) is 1. The van der Waals surface area contributed by atoms with Crippen LogP contribution in [0.25, 0.3) is 0 Å². The third kappa shape index (κ3) is 5.38. The summed E-state index contributed by atoms with van der Waals surface area (Å²) < 4.78 is 4.90. The number of thioether (sulfide) groups is 1. The van der Waals surface area contributed by atoms with Crippen LogP contribution in [0.4, 0.5) is 0 Å². The molecule has 2 heterocycles. The van der Waals surface area contributed by atoms with E-state index in [1.807, 2.05) is 0 Å². The third-order valence-electron chi connectivity index (χ3n) is 5.39. The van der Waals surface area contributed by atoms with E-state index in [-0.39, 0.29) is 30.6 Å². The highest BCUT2D eigenvalue weighted by Crippen LogP contribution is 2.40. The van der Waals surface area contributed by atoms with Crippen LogP contribution in [0, 0.1) is 5.92 Å². The molecule has 0 radical (unpaired) electrons. The highest BCUT2D eigenvalue weighted by molar-refractivity contribution is 8.00. The Balaban J connectivity index is 1.55. The number of nitrogens with one attached hydrogen (secondary N) is 1. The fourth-order valence-corrected chi connectivity index (χ4v) is 4.97. The molecule has 1 unspecified atom stereocenters. The number of hydrogen-bond acceptors (Lipinski definition) is 8. The Morgan fingerprint density at radius 1 is 1.29 bits per heavy atom. The molecular formula is C20H27N3O7S. The number of carboxylic acids is 1. The van der Waals surface area contributed by atoms with Gasteiger partial charge in [-0.1, -0.05) is 18.5 Å². The Labute approximate surface area is 184 Å². The lowest BCUT2D eigenvalue weighted by Gasteiger charge is -2.49. The molecule has 2 fully saturated rings. The Morgan fingerprint density at radius 2 is 2.00 bits per heavy atom. The minimum atomic E-state index is -1.27. The number of β-lactam (4-membered cyclic amide) rings is 1. The van der Waals surface area contributed by atoms with Crippen molar-refractivity contribution in [2.24, 2.45) is 11.1 Å². The smallest absolute Gasteiger partial charge is 0.352 e. The van der Waals surface area contributed by atoms with Crippen molar-refractivity contribution >= 4 is 41.2 Å². The largest absolute Gasteiger partial charge is 0.477 e. The molecule has 3 aliphatic rings. The molecule has 11 heteroatoms. The summed E-state index contributed by atoms with van der Waals surface area (Å²) in [4.78, 5) is 54.4. The number of aliphatic carboxylic acids is 1. The number of oxime groups is 1. The fraction of sp³-hybridized carbons (Fsp3) is 0.650. The zero-order chi connectivity index (χ0) is 22.5. The van der Waals surface area contributed by atoms with E-state index in [1.54, 1.807) is 6.92 Å². The standard InChI is InChI=1S/C20H27N3O7S/c1-11(8-30-22-14-6-4-3-5-7-14)17(25)21-15-18(26)23-16(20(27)28)13(9-29-12(2)24)10-31-19(15)23/h11,15,19H,3-10H2,1-2H3,(H,21,25)(H,27,28)/t11-,15-,19?/m1/s1. The van der Waals surface area contributed by atoms with Gasteiger partial charge in [-0.3, -0.25) is 19.3 Å². The average molecular weight is 454 g/mol. The second-order valence-corrected chi connectivity index (χ2v) is 8.95. The first-order valence-electron chi connectivity index (χ1n) is 10.3. The summed E-state index contributed by atoms with van der Waals surface area (Å²) in [5.74, 6) is -2.89. The van der Waals surface area contributed by atoms with Gasteiger partial charge in [0.15, 0.2) is 0 Å². The van der Waals surface area contributed by atoms with Gasteiger partial charge in [0.25, 0.3) is 5.91 Å². The van der Waals surface area contributed by atoms with E-state index in [2.05, 4.69) is 10.5 Å². The SMILES string of the molecule is CC(=O)OCC1=C(C(=O)O)N2C(=O)[C@@H](NC(=O)[C@H](C)CON=C3CCCCC3)C2SC1. The monoisotopic (exact) mass is 453 g/mol. The maximum atomic E-state index is 12.6. The van der Waals surface area contributed by atoms with Gasteiger partial charge in [0.05, 0.1) is 11.6 Å². The van der Waals surface area contributed by atoms with E-state index in [0.29, 0.717) is 5.57 Å². The van der Waals surface area contributed by atoms with E-state index < -0.39 is 35.2 Å². The fourth-order valence-electron chi connectivity index (χ4n) is 3.65. The summed E-state index contributed by atoms with van der Waals surface area (Å²) in [6, 6.07) is -0.811. The number of esters is 1. The predicted octanol–water partition coefficient (Wildman–Crippen LogP) is 1.26. The van der Waals surface area contributed by atoms with Crippen molar-refractivity contribution in [2.75, 3.05) is 19.0 Å². The summed E-state index contributed by atoms with van der Waals surface area (Å²) in [7, 11) is 0. The number of rotatable bonds is 8. The molecule has 1 saturated heterocycles. The van der Waals surface area contributed by atoms with E-state index in [4.69, 9.17) is 9.57 Å². The first-order valence-corrected chi connectivity index (χ1v) is 11.4. The average Bonchev–Trinajstić information content (AvgIpc) is 2.75. The van der Waals surface area contributed by atoms with E-state index in [1.165, 1.54) is 25.1 Å². The van der Waals surface area contributed by atoms with E-state index in [0.717, 1.165) is 36.3 Å². The summed E-state index contributed by atoms with van der Waals surface area (Å²) >= 11 is 1.32. The second-order valence-electron chi connectivity index (χ2n) is 7.85. The molecule has 2 N–H and O–H groups in total. The molecule has 1 saturated carbocycles. The van der Waals surface area contributed by atoms with Crippen LogP contribution >= 0.6 is 11.8 Å². The maximum absolute atomic E-state index is 12.6. The van der Waals surface area contributed by atoms with Crippen molar-refractivity contribution in [3.8, 4) is 0 Å². The number of nitrogens with zero attached hydrogens (tertiary/aromatic N) is 2. The number of fused-ring (bicyclic) bond motifs is 1. The van der Waals surface area contributed by atoms with Gasteiger partial charge in [-0.05, 0) is 25.7 Å². The van der Waals surface area contributed by atoms with Crippen molar-refractivity contribution in [1.29, 1.82) is 0 Å². The molecule has 31 heavy (non-hydrogen) atoms. The molecule has 0 aromatic rings. The van der Waals surface area contributed by atoms with Crippen LogP contribution in [-0.4, -0.2) is 69.9 Å². The number of carbonyl (C=O) groups excluding carboxylic acids is 3. The van der Waals surface area contributed by atoms with Crippen molar-refractivity contribution < 1.29 is 33.9 Å². The second kappa shape index (κ2) is 10.2. The summed E-state index contributed by atoms with van der Waals surface area (Å²) in [6.45, 7) is 2.83. The maximum Gasteiger partial charge on any atom is 0.352 e.